The van der Waals surface area contributed by atoms with Crippen molar-refractivity contribution in [1.29, 1.82) is 0 Å². The lowest BCUT2D eigenvalue weighted by atomic mass is 10.1. The minimum Gasteiger partial charge on any atom is -0.397 e. The molecule has 21 heavy (non-hydrogen) atoms. The van der Waals surface area contributed by atoms with Gasteiger partial charge in [0.1, 0.15) is 5.84 Å². The Morgan fingerprint density at radius 3 is 2.67 bits per heavy atom. The molecular weight excluding hydrogens is 326 g/mol. The van der Waals surface area contributed by atoms with Gasteiger partial charge in [-0.05, 0) is 44.4 Å². The van der Waals surface area contributed by atoms with E-state index in [1.165, 1.54) is 0 Å². The highest BCUT2D eigenvalue weighted by Gasteiger charge is 2.07. The van der Waals surface area contributed by atoms with Crippen LogP contribution in [0.3, 0.4) is 0 Å². The molecule has 0 radical (unpaired) electrons. The van der Waals surface area contributed by atoms with Gasteiger partial charge in [-0.3, -0.25) is 0 Å². The number of amidine groups is 1. The number of allylic oxidation sites excluding steroid dienone is 2. The summed E-state index contributed by atoms with van der Waals surface area (Å²) < 4.78 is 0.975. The highest BCUT2D eigenvalue weighted by Crippen LogP contribution is 2.23. The smallest absolute Gasteiger partial charge is 0.132 e. The number of aliphatic imine (C=N–C) groups is 1. The van der Waals surface area contributed by atoms with Crippen molar-refractivity contribution in [1.82, 2.24) is 0 Å². The van der Waals surface area contributed by atoms with Crippen LogP contribution in [0.2, 0.25) is 0 Å². The molecule has 0 saturated heterocycles. The number of aryl methyl sites for hydroxylation is 1. The molecular formula is C17H24BrN3. The van der Waals surface area contributed by atoms with Crippen molar-refractivity contribution in [2.45, 2.75) is 40.5 Å². The van der Waals surface area contributed by atoms with Crippen LogP contribution in [0.5, 0.6) is 0 Å². The SMILES string of the molecule is CCC/C=C(C)/C(=N/C=C(\C)Br)Nc1c(C)cccc1N. The van der Waals surface area contributed by atoms with Crippen LogP contribution in [0.25, 0.3) is 0 Å². The van der Waals surface area contributed by atoms with Gasteiger partial charge in [0, 0.05) is 10.7 Å². The van der Waals surface area contributed by atoms with Gasteiger partial charge in [-0.15, -0.1) is 0 Å². The van der Waals surface area contributed by atoms with E-state index in [2.05, 4.69) is 46.2 Å². The minimum absolute atomic E-state index is 0.727. The van der Waals surface area contributed by atoms with Gasteiger partial charge < -0.3 is 11.1 Å². The predicted molar refractivity (Wildman–Crippen MR) is 98.0 cm³/mol. The first-order valence-corrected chi connectivity index (χ1v) is 7.94. The lowest BCUT2D eigenvalue weighted by molar-refractivity contribution is 0.953. The molecule has 0 fully saturated rings. The second-order valence-electron chi connectivity index (χ2n) is 5.03. The zero-order valence-corrected chi connectivity index (χ0v) is 14.8. The molecule has 0 atom stereocenters. The number of anilines is 2. The molecule has 1 aromatic rings. The second kappa shape index (κ2) is 8.67. The normalized spacial score (nSPS) is 13.5. The Morgan fingerprint density at radius 2 is 2.10 bits per heavy atom. The molecule has 0 aliphatic rings. The number of nitrogen functional groups attached to an aromatic ring is 1. The summed E-state index contributed by atoms with van der Waals surface area (Å²) >= 11 is 3.40. The van der Waals surface area contributed by atoms with Crippen molar-refractivity contribution >= 4 is 33.1 Å². The van der Waals surface area contributed by atoms with E-state index in [4.69, 9.17) is 5.73 Å². The van der Waals surface area contributed by atoms with Gasteiger partial charge in [-0.25, -0.2) is 4.99 Å². The molecule has 0 spiro atoms. The molecule has 0 aromatic heterocycles. The predicted octanol–water partition coefficient (Wildman–Crippen LogP) is 5.39. The van der Waals surface area contributed by atoms with Crippen molar-refractivity contribution < 1.29 is 0 Å². The maximum atomic E-state index is 6.06. The second-order valence-corrected chi connectivity index (χ2v) is 6.28. The van der Waals surface area contributed by atoms with Gasteiger partial charge >= 0.3 is 0 Å². The number of nitrogens with two attached hydrogens (primary N) is 1. The molecule has 0 aliphatic carbocycles. The summed E-state index contributed by atoms with van der Waals surface area (Å²) in [6.07, 6.45) is 6.13. The Hall–Kier alpha value is -1.55. The molecule has 0 heterocycles. The van der Waals surface area contributed by atoms with E-state index in [0.717, 1.165) is 45.7 Å². The van der Waals surface area contributed by atoms with Crippen LogP contribution in [-0.2, 0) is 0 Å². The first-order chi connectivity index (χ1) is 9.95. The van der Waals surface area contributed by atoms with E-state index in [1.54, 1.807) is 6.20 Å². The van der Waals surface area contributed by atoms with Crippen molar-refractivity contribution in [3.63, 3.8) is 0 Å². The number of para-hydroxylation sites is 1. The number of hydrogen-bond acceptors (Lipinski definition) is 2. The molecule has 0 bridgehead atoms. The molecule has 0 amide bonds. The lowest BCUT2D eigenvalue weighted by Gasteiger charge is -2.14. The van der Waals surface area contributed by atoms with Gasteiger partial charge in [0.25, 0.3) is 0 Å². The van der Waals surface area contributed by atoms with Gasteiger partial charge in [-0.1, -0.05) is 47.5 Å². The van der Waals surface area contributed by atoms with Gasteiger partial charge in [0.15, 0.2) is 0 Å². The van der Waals surface area contributed by atoms with Crippen LogP contribution in [0.15, 0.2) is 45.5 Å². The van der Waals surface area contributed by atoms with Crippen LogP contribution in [0, 0.1) is 6.92 Å². The van der Waals surface area contributed by atoms with Gasteiger partial charge in [0.2, 0.25) is 0 Å². The Labute approximate surface area is 136 Å². The molecule has 0 saturated carbocycles. The summed E-state index contributed by atoms with van der Waals surface area (Å²) in [6.45, 7) is 8.21. The number of nitrogens with one attached hydrogen (secondary N) is 1. The molecule has 3 nitrogen and oxygen atoms in total. The van der Waals surface area contributed by atoms with Crippen molar-refractivity contribution in [3.8, 4) is 0 Å². The van der Waals surface area contributed by atoms with E-state index in [0.29, 0.717) is 0 Å². The standard InChI is InChI=1S/C17H24BrN3/c1-5-6-8-13(3)17(20-11-14(4)18)21-16-12(2)9-7-10-15(16)19/h7-11H,5-6,19H2,1-4H3,(H,20,21)/b13-8+,14-11+. The third-order valence-corrected chi connectivity index (χ3v) is 3.24. The van der Waals surface area contributed by atoms with Crippen LogP contribution in [0.4, 0.5) is 11.4 Å². The fourth-order valence-corrected chi connectivity index (χ4v) is 1.93. The van der Waals surface area contributed by atoms with Crippen molar-refractivity contribution in [3.05, 3.63) is 46.1 Å². The van der Waals surface area contributed by atoms with E-state index >= 15 is 0 Å². The van der Waals surface area contributed by atoms with Crippen LogP contribution in [0.1, 0.15) is 39.2 Å². The van der Waals surface area contributed by atoms with Gasteiger partial charge in [-0.2, -0.15) is 0 Å². The van der Waals surface area contributed by atoms with E-state index in [1.807, 2.05) is 32.0 Å². The molecule has 4 heteroatoms. The fraction of sp³-hybridized carbons (Fsp3) is 0.353. The Morgan fingerprint density at radius 1 is 1.38 bits per heavy atom. The summed E-state index contributed by atoms with van der Waals surface area (Å²) in [5.74, 6) is 0.822. The van der Waals surface area contributed by atoms with Crippen LogP contribution < -0.4 is 11.1 Å². The number of benzene rings is 1. The summed E-state index contributed by atoms with van der Waals surface area (Å²) in [6, 6.07) is 5.88. The number of unbranched alkanes of at least 4 members (excludes halogenated alkanes) is 1. The highest BCUT2D eigenvalue weighted by atomic mass is 79.9. The van der Waals surface area contributed by atoms with Crippen molar-refractivity contribution in [2.24, 2.45) is 4.99 Å². The Kier molecular flexibility index (Phi) is 7.23. The number of halogens is 1. The third kappa shape index (κ3) is 5.76. The molecule has 3 N–H and O–H groups in total. The minimum atomic E-state index is 0.727. The zero-order chi connectivity index (χ0) is 15.8. The van der Waals surface area contributed by atoms with Crippen LogP contribution >= 0.6 is 15.9 Å². The molecule has 0 unspecified atom stereocenters. The largest absolute Gasteiger partial charge is 0.397 e. The molecule has 0 aliphatic heterocycles. The molecule has 114 valence electrons. The van der Waals surface area contributed by atoms with E-state index < -0.39 is 0 Å². The summed E-state index contributed by atoms with van der Waals surface area (Å²) in [5, 5.41) is 3.37. The quantitative estimate of drug-likeness (QED) is 0.425. The number of hydrogen-bond donors (Lipinski definition) is 2. The Bertz CT molecular complexity index is 547. The summed E-state index contributed by atoms with van der Waals surface area (Å²) in [5.41, 5.74) is 9.93. The summed E-state index contributed by atoms with van der Waals surface area (Å²) in [7, 11) is 0. The first kappa shape index (κ1) is 17.5. The fourth-order valence-electron chi connectivity index (χ4n) is 1.82. The lowest BCUT2D eigenvalue weighted by Crippen LogP contribution is -2.15. The average molecular weight is 350 g/mol. The van der Waals surface area contributed by atoms with Crippen molar-refractivity contribution in [2.75, 3.05) is 11.1 Å². The maximum absolute atomic E-state index is 6.06. The highest BCUT2D eigenvalue weighted by molar-refractivity contribution is 9.11. The molecule has 1 rings (SSSR count). The third-order valence-electron chi connectivity index (χ3n) is 3.03. The zero-order valence-electron chi connectivity index (χ0n) is 13.2. The van der Waals surface area contributed by atoms with E-state index in [9.17, 15) is 0 Å². The maximum Gasteiger partial charge on any atom is 0.132 e. The summed E-state index contributed by atoms with van der Waals surface area (Å²) in [4.78, 5) is 4.53. The Balaban J connectivity index is 3.14. The number of nitrogens with zero attached hydrogens (tertiary/aromatic N) is 1. The topological polar surface area (TPSA) is 50.4 Å². The molecule has 1 aromatic carbocycles. The van der Waals surface area contributed by atoms with Crippen LogP contribution in [-0.4, -0.2) is 5.84 Å². The monoisotopic (exact) mass is 349 g/mol. The number of rotatable bonds is 5. The van der Waals surface area contributed by atoms with E-state index in [-0.39, 0.29) is 0 Å². The first-order valence-electron chi connectivity index (χ1n) is 7.15. The van der Waals surface area contributed by atoms with Gasteiger partial charge in [0.05, 0.1) is 11.4 Å². The average Bonchev–Trinajstić information content (AvgIpc) is 2.43.